The van der Waals surface area contributed by atoms with Crippen molar-refractivity contribution in [2.24, 2.45) is 0 Å². The molecule has 4 aromatic rings. The molecule has 5 rings (SSSR count). The van der Waals surface area contributed by atoms with Gasteiger partial charge in [0.2, 0.25) is 6.79 Å². The fraction of sp³-hybridized carbons (Fsp3) is 0.130. The van der Waals surface area contributed by atoms with Crippen LogP contribution in [-0.4, -0.2) is 32.1 Å². The maximum atomic E-state index is 12.8. The number of nitrogens with zero attached hydrogens (tertiary/aromatic N) is 4. The highest BCUT2D eigenvalue weighted by Gasteiger charge is 2.14. The summed E-state index contributed by atoms with van der Waals surface area (Å²) < 4.78 is 13.2. The fourth-order valence-electron chi connectivity index (χ4n) is 3.38. The van der Waals surface area contributed by atoms with Crippen molar-refractivity contribution in [3.63, 3.8) is 0 Å². The Labute approximate surface area is 182 Å². The molecule has 0 saturated carbocycles. The van der Waals surface area contributed by atoms with Crippen molar-refractivity contribution in [3.8, 4) is 17.2 Å². The summed E-state index contributed by atoms with van der Waals surface area (Å²) >= 11 is 0. The van der Waals surface area contributed by atoms with Gasteiger partial charge in [0.05, 0.1) is 11.9 Å². The Bertz CT molecular complexity index is 1450. The normalized spacial score (nSPS) is 12.6. The molecule has 9 nitrogen and oxygen atoms in total. The maximum Gasteiger partial charge on any atom is 0.283 e. The molecule has 3 heterocycles. The Balaban J connectivity index is 1.38. The lowest BCUT2D eigenvalue weighted by Gasteiger charge is -2.08. The second-order valence-corrected chi connectivity index (χ2v) is 7.40. The van der Waals surface area contributed by atoms with Gasteiger partial charge in [-0.3, -0.25) is 15.0 Å². The second kappa shape index (κ2) is 7.69. The predicted molar refractivity (Wildman–Crippen MR) is 119 cm³/mol. The van der Waals surface area contributed by atoms with Crippen LogP contribution in [0.4, 0.5) is 0 Å². The van der Waals surface area contributed by atoms with Crippen molar-refractivity contribution in [3.05, 3.63) is 82.0 Å². The van der Waals surface area contributed by atoms with Gasteiger partial charge in [0.15, 0.2) is 17.1 Å². The molecule has 0 spiro atoms. The minimum absolute atomic E-state index is 0.182. The van der Waals surface area contributed by atoms with Crippen LogP contribution in [0.15, 0.2) is 59.8 Å². The Morgan fingerprint density at radius 1 is 1.09 bits per heavy atom. The van der Waals surface area contributed by atoms with Crippen molar-refractivity contribution < 1.29 is 14.3 Å². The van der Waals surface area contributed by atoms with Crippen LogP contribution in [0.1, 0.15) is 16.7 Å². The van der Waals surface area contributed by atoms with E-state index in [-0.39, 0.29) is 6.79 Å². The largest absolute Gasteiger partial charge is 0.454 e. The minimum atomic E-state index is -0.479. The van der Waals surface area contributed by atoms with Crippen LogP contribution >= 0.6 is 0 Å². The number of aromatic nitrogens is 4. The Hall–Kier alpha value is -4.40. The van der Waals surface area contributed by atoms with E-state index in [4.69, 9.17) is 9.47 Å². The second-order valence-electron chi connectivity index (χ2n) is 7.40. The summed E-state index contributed by atoms with van der Waals surface area (Å²) in [5.74, 6) is 0.811. The van der Waals surface area contributed by atoms with Crippen LogP contribution in [0, 0.1) is 13.8 Å². The van der Waals surface area contributed by atoms with Gasteiger partial charge < -0.3 is 9.47 Å². The average molecular weight is 429 g/mol. The standard InChI is InChI=1S/C23H19N5O4/c1-14-3-6-17(9-15(14)2)28-22-18(11-25-28)23(30)27(12-24-22)26-21(29)8-5-16-4-7-19-20(10-16)32-13-31-19/h3-12H,13H2,1-2H3,(H,26,29). The molecule has 0 bridgehead atoms. The number of hydrogen-bond acceptors (Lipinski definition) is 6. The number of carbonyl (C=O) groups is 1. The Morgan fingerprint density at radius 2 is 1.94 bits per heavy atom. The monoisotopic (exact) mass is 429 g/mol. The van der Waals surface area contributed by atoms with E-state index in [0.29, 0.717) is 22.5 Å². The molecule has 0 atom stereocenters. The summed E-state index contributed by atoms with van der Waals surface area (Å²) in [6, 6.07) is 11.2. The van der Waals surface area contributed by atoms with E-state index in [1.54, 1.807) is 29.0 Å². The molecular weight excluding hydrogens is 410 g/mol. The van der Waals surface area contributed by atoms with Crippen LogP contribution in [0.5, 0.6) is 11.5 Å². The maximum absolute atomic E-state index is 12.8. The molecule has 1 aliphatic heterocycles. The zero-order valence-corrected chi connectivity index (χ0v) is 17.4. The molecule has 1 aliphatic rings. The van der Waals surface area contributed by atoms with Gasteiger partial charge in [0.25, 0.3) is 11.5 Å². The summed E-state index contributed by atoms with van der Waals surface area (Å²) in [5.41, 5.74) is 6.36. The van der Waals surface area contributed by atoms with Crippen molar-refractivity contribution in [2.45, 2.75) is 13.8 Å². The highest BCUT2D eigenvalue weighted by atomic mass is 16.7. The van der Waals surface area contributed by atoms with Gasteiger partial charge in [-0.1, -0.05) is 12.1 Å². The molecule has 2 aromatic heterocycles. The van der Waals surface area contributed by atoms with E-state index in [2.05, 4.69) is 15.5 Å². The third kappa shape index (κ3) is 3.49. The first-order valence-electron chi connectivity index (χ1n) is 9.91. The number of hydrogen-bond donors (Lipinski definition) is 1. The molecule has 1 amide bonds. The first-order valence-corrected chi connectivity index (χ1v) is 9.91. The lowest BCUT2D eigenvalue weighted by atomic mass is 10.1. The first kappa shape index (κ1) is 19.6. The topological polar surface area (TPSA) is 100 Å². The number of fused-ring (bicyclic) bond motifs is 2. The van der Waals surface area contributed by atoms with Crippen molar-refractivity contribution >= 4 is 23.0 Å². The number of nitrogens with one attached hydrogen (secondary N) is 1. The summed E-state index contributed by atoms with van der Waals surface area (Å²) in [6.07, 6.45) is 5.67. The number of rotatable bonds is 4. The third-order valence-electron chi connectivity index (χ3n) is 5.28. The molecule has 0 saturated heterocycles. The number of carbonyl (C=O) groups excluding carboxylic acids is 1. The SMILES string of the molecule is Cc1ccc(-n2ncc3c(=O)n(NC(=O)C=Cc4ccc5c(c4)OCO5)cnc32)cc1C. The summed E-state index contributed by atoms with van der Waals surface area (Å²) in [5, 5.41) is 4.61. The fourth-order valence-corrected chi connectivity index (χ4v) is 3.38. The zero-order valence-electron chi connectivity index (χ0n) is 17.4. The van der Waals surface area contributed by atoms with Crippen LogP contribution < -0.4 is 20.5 Å². The summed E-state index contributed by atoms with van der Waals surface area (Å²) in [7, 11) is 0. The molecular formula is C23H19N5O4. The van der Waals surface area contributed by atoms with Crippen molar-refractivity contribution in [1.29, 1.82) is 0 Å². The number of ether oxygens (including phenoxy) is 2. The summed E-state index contributed by atoms with van der Waals surface area (Å²) in [6.45, 7) is 4.22. The number of benzene rings is 2. The van der Waals surface area contributed by atoms with Crippen molar-refractivity contribution in [1.82, 2.24) is 19.4 Å². The molecule has 2 aromatic carbocycles. The van der Waals surface area contributed by atoms with Gasteiger partial charge in [-0.15, -0.1) is 0 Å². The number of amides is 1. The molecule has 9 heteroatoms. The third-order valence-corrected chi connectivity index (χ3v) is 5.28. The molecule has 0 fully saturated rings. The zero-order chi connectivity index (χ0) is 22.2. The molecule has 1 N–H and O–H groups in total. The van der Waals surface area contributed by atoms with E-state index in [1.807, 2.05) is 32.0 Å². The van der Waals surface area contributed by atoms with Crippen molar-refractivity contribution in [2.75, 3.05) is 12.2 Å². The molecule has 0 radical (unpaired) electrons. The molecule has 160 valence electrons. The van der Waals surface area contributed by atoms with Gasteiger partial charge in [-0.25, -0.2) is 14.3 Å². The molecule has 0 aliphatic carbocycles. The van der Waals surface area contributed by atoms with Gasteiger partial charge >= 0.3 is 0 Å². The van der Waals surface area contributed by atoms with Gasteiger partial charge in [-0.2, -0.15) is 5.10 Å². The lowest BCUT2D eigenvalue weighted by Crippen LogP contribution is -2.32. The molecule has 32 heavy (non-hydrogen) atoms. The first-order chi connectivity index (χ1) is 15.5. The van der Waals surface area contributed by atoms with E-state index in [9.17, 15) is 9.59 Å². The van der Waals surface area contributed by atoms with Gasteiger partial charge in [-0.05, 0) is 60.9 Å². The van der Waals surface area contributed by atoms with E-state index in [1.165, 1.54) is 18.6 Å². The van der Waals surface area contributed by atoms with Crippen LogP contribution in [0.25, 0.3) is 22.8 Å². The Morgan fingerprint density at radius 3 is 2.78 bits per heavy atom. The average Bonchev–Trinajstić information content (AvgIpc) is 3.43. The highest BCUT2D eigenvalue weighted by Crippen LogP contribution is 2.32. The highest BCUT2D eigenvalue weighted by molar-refractivity contribution is 5.97. The Kier molecular flexibility index (Phi) is 4.70. The van der Waals surface area contributed by atoms with Crippen LogP contribution in [0.2, 0.25) is 0 Å². The lowest BCUT2D eigenvalue weighted by molar-refractivity contribution is -0.112. The van der Waals surface area contributed by atoms with Crippen LogP contribution in [-0.2, 0) is 4.79 Å². The predicted octanol–water partition coefficient (Wildman–Crippen LogP) is 2.71. The quantitative estimate of drug-likeness (QED) is 0.501. The van der Waals surface area contributed by atoms with Gasteiger partial charge in [0, 0.05) is 6.08 Å². The molecule has 0 unspecified atom stereocenters. The smallest absolute Gasteiger partial charge is 0.283 e. The van der Waals surface area contributed by atoms with E-state index in [0.717, 1.165) is 27.1 Å². The van der Waals surface area contributed by atoms with E-state index >= 15 is 0 Å². The minimum Gasteiger partial charge on any atom is -0.454 e. The van der Waals surface area contributed by atoms with Gasteiger partial charge in [0.1, 0.15) is 11.7 Å². The van der Waals surface area contributed by atoms with E-state index < -0.39 is 11.5 Å². The van der Waals surface area contributed by atoms with Crippen LogP contribution in [0.3, 0.4) is 0 Å². The number of aryl methyl sites for hydroxylation is 2. The summed E-state index contributed by atoms with van der Waals surface area (Å²) in [4.78, 5) is 29.5.